The van der Waals surface area contributed by atoms with Gasteiger partial charge in [0, 0.05) is 12.1 Å². The third kappa shape index (κ3) is 5.19. The van der Waals surface area contributed by atoms with Gasteiger partial charge in [-0.05, 0) is 72.1 Å². The van der Waals surface area contributed by atoms with Crippen LogP contribution in [0, 0.1) is 0 Å². The van der Waals surface area contributed by atoms with Gasteiger partial charge >= 0.3 is 6.18 Å². The molecule has 190 valence electrons. The Hall–Kier alpha value is -3.88. The molecule has 1 heterocycles. The third-order valence-electron chi connectivity index (χ3n) is 6.17. The van der Waals surface area contributed by atoms with Crippen molar-refractivity contribution in [2.24, 2.45) is 0 Å². The topological polar surface area (TPSA) is 57.2 Å². The lowest BCUT2D eigenvalue weighted by Gasteiger charge is -2.37. The van der Waals surface area contributed by atoms with Gasteiger partial charge in [-0.25, -0.2) is 0 Å². The predicted octanol–water partition coefficient (Wildman–Crippen LogP) is 5.55. The molecule has 1 amide bonds. The molecule has 0 N–H and O–H groups in total. The average Bonchev–Trinajstić information content (AvgIpc) is 2.90. The van der Waals surface area contributed by atoms with E-state index in [1.54, 1.807) is 49.5 Å². The number of ether oxygens (including phenoxy) is 4. The molecule has 0 aromatic heterocycles. The first-order valence-corrected chi connectivity index (χ1v) is 11.2. The predicted molar refractivity (Wildman–Crippen MR) is 127 cm³/mol. The molecule has 0 saturated carbocycles. The largest absolute Gasteiger partial charge is 0.497 e. The normalized spacial score (nSPS) is 15.2. The highest BCUT2D eigenvalue weighted by molar-refractivity contribution is 5.95. The van der Waals surface area contributed by atoms with Crippen molar-refractivity contribution >= 4 is 5.91 Å². The summed E-state index contributed by atoms with van der Waals surface area (Å²) in [5.41, 5.74) is 0.822. The molecule has 0 aliphatic carbocycles. The van der Waals surface area contributed by atoms with E-state index in [4.69, 9.17) is 18.9 Å². The highest BCUT2D eigenvalue weighted by atomic mass is 19.4. The zero-order valence-corrected chi connectivity index (χ0v) is 20.1. The number of nitrogens with zero attached hydrogens (tertiary/aromatic N) is 1. The molecule has 0 bridgehead atoms. The molecular weight excluding hydrogens is 475 g/mol. The van der Waals surface area contributed by atoms with E-state index in [1.807, 2.05) is 6.07 Å². The van der Waals surface area contributed by atoms with Crippen LogP contribution < -0.4 is 18.9 Å². The van der Waals surface area contributed by atoms with E-state index in [2.05, 4.69) is 0 Å². The maximum absolute atomic E-state index is 13.5. The van der Waals surface area contributed by atoms with Crippen LogP contribution in [0.2, 0.25) is 0 Å². The number of benzene rings is 3. The maximum Gasteiger partial charge on any atom is 0.416 e. The molecule has 0 radical (unpaired) electrons. The van der Waals surface area contributed by atoms with Gasteiger partial charge < -0.3 is 23.8 Å². The second kappa shape index (κ2) is 10.4. The monoisotopic (exact) mass is 501 g/mol. The van der Waals surface area contributed by atoms with Crippen LogP contribution >= 0.6 is 0 Å². The lowest BCUT2D eigenvalue weighted by atomic mass is 9.91. The molecular formula is C27H26F3NO5. The summed E-state index contributed by atoms with van der Waals surface area (Å²) in [6.07, 6.45) is -4.05. The molecule has 0 spiro atoms. The number of carbonyl (C=O) groups is 1. The fourth-order valence-electron chi connectivity index (χ4n) is 4.29. The molecule has 1 aliphatic rings. The van der Waals surface area contributed by atoms with Gasteiger partial charge in [0.25, 0.3) is 5.91 Å². The molecule has 36 heavy (non-hydrogen) atoms. The molecule has 9 heteroatoms. The molecule has 6 nitrogen and oxygen atoms in total. The molecule has 0 fully saturated rings. The van der Waals surface area contributed by atoms with E-state index < -0.39 is 23.7 Å². The van der Waals surface area contributed by atoms with Gasteiger partial charge in [0.1, 0.15) is 18.1 Å². The number of hydrogen-bond acceptors (Lipinski definition) is 5. The molecule has 4 rings (SSSR count). The summed E-state index contributed by atoms with van der Waals surface area (Å²) in [4.78, 5) is 15.1. The van der Waals surface area contributed by atoms with E-state index in [0.717, 1.165) is 23.3 Å². The van der Waals surface area contributed by atoms with Crippen LogP contribution in [0.4, 0.5) is 13.2 Å². The van der Waals surface area contributed by atoms with Gasteiger partial charge in [0.2, 0.25) is 0 Å². The van der Waals surface area contributed by atoms with Crippen molar-refractivity contribution in [3.05, 3.63) is 82.9 Å². The first-order valence-electron chi connectivity index (χ1n) is 11.2. The third-order valence-corrected chi connectivity index (χ3v) is 6.17. The second-order valence-corrected chi connectivity index (χ2v) is 8.24. The first-order chi connectivity index (χ1) is 17.2. The van der Waals surface area contributed by atoms with E-state index in [9.17, 15) is 18.0 Å². The molecule has 0 unspecified atom stereocenters. The Kier molecular flexibility index (Phi) is 7.28. The average molecular weight is 502 g/mol. The van der Waals surface area contributed by atoms with Crippen molar-refractivity contribution in [1.29, 1.82) is 0 Å². The highest BCUT2D eigenvalue weighted by Crippen LogP contribution is 2.39. The fraction of sp³-hybridized carbons (Fsp3) is 0.296. The van der Waals surface area contributed by atoms with Crippen LogP contribution in [0.25, 0.3) is 0 Å². The number of fused-ring (bicyclic) bond motifs is 1. The van der Waals surface area contributed by atoms with Crippen LogP contribution in [0.3, 0.4) is 0 Å². The van der Waals surface area contributed by atoms with Crippen molar-refractivity contribution in [3.63, 3.8) is 0 Å². The summed E-state index contributed by atoms with van der Waals surface area (Å²) < 4.78 is 61.9. The summed E-state index contributed by atoms with van der Waals surface area (Å²) in [7, 11) is 4.62. The van der Waals surface area contributed by atoms with Gasteiger partial charge in [-0.3, -0.25) is 4.79 Å². The number of hydrogen-bond donors (Lipinski definition) is 0. The van der Waals surface area contributed by atoms with Gasteiger partial charge in [-0.2, -0.15) is 13.2 Å². The first kappa shape index (κ1) is 25.2. The zero-order chi connectivity index (χ0) is 25.9. The Labute approximate surface area is 207 Å². The minimum atomic E-state index is -4.55. The van der Waals surface area contributed by atoms with Crippen LogP contribution in [-0.2, 0) is 12.6 Å². The number of rotatable bonds is 7. The number of alkyl halides is 3. The summed E-state index contributed by atoms with van der Waals surface area (Å²) >= 11 is 0. The molecule has 3 aromatic rings. The number of methoxy groups -OCH3 is 3. The Morgan fingerprint density at radius 2 is 1.58 bits per heavy atom. The smallest absolute Gasteiger partial charge is 0.416 e. The van der Waals surface area contributed by atoms with Crippen molar-refractivity contribution < 1.29 is 36.9 Å². The fourth-order valence-corrected chi connectivity index (χ4v) is 4.29. The summed E-state index contributed by atoms with van der Waals surface area (Å²) in [6.45, 7) is 0.383. The van der Waals surface area contributed by atoms with Crippen molar-refractivity contribution in [1.82, 2.24) is 4.90 Å². The van der Waals surface area contributed by atoms with Crippen molar-refractivity contribution in [2.75, 3.05) is 34.5 Å². The van der Waals surface area contributed by atoms with E-state index in [1.165, 1.54) is 19.2 Å². The van der Waals surface area contributed by atoms with Gasteiger partial charge in [0.05, 0.1) is 32.9 Å². The highest BCUT2D eigenvalue weighted by Gasteiger charge is 2.35. The number of carbonyl (C=O) groups excluding carboxylic acids is 1. The van der Waals surface area contributed by atoms with E-state index in [0.29, 0.717) is 36.0 Å². The van der Waals surface area contributed by atoms with Crippen LogP contribution in [0.15, 0.2) is 60.7 Å². The lowest BCUT2D eigenvalue weighted by molar-refractivity contribution is -0.137. The molecule has 1 atom stereocenters. The van der Waals surface area contributed by atoms with Gasteiger partial charge in [-0.1, -0.05) is 6.07 Å². The molecule has 0 saturated heterocycles. The quantitative estimate of drug-likeness (QED) is 0.425. The minimum Gasteiger partial charge on any atom is -0.497 e. The van der Waals surface area contributed by atoms with Crippen molar-refractivity contribution in [3.8, 4) is 23.0 Å². The Morgan fingerprint density at radius 3 is 2.22 bits per heavy atom. The minimum absolute atomic E-state index is 0.0387. The lowest BCUT2D eigenvalue weighted by Crippen LogP contribution is -2.42. The van der Waals surface area contributed by atoms with Crippen molar-refractivity contribution in [2.45, 2.75) is 18.6 Å². The van der Waals surface area contributed by atoms with Crippen LogP contribution in [-0.4, -0.2) is 45.3 Å². The Morgan fingerprint density at radius 1 is 0.917 bits per heavy atom. The van der Waals surface area contributed by atoms with E-state index >= 15 is 0 Å². The maximum atomic E-state index is 13.5. The summed E-state index contributed by atoms with van der Waals surface area (Å²) in [5.74, 6) is 1.77. The number of amides is 1. The number of halogens is 3. The Bertz CT molecular complexity index is 1230. The Balaban J connectivity index is 1.70. The van der Waals surface area contributed by atoms with Crippen LogP contribution in [0.5, 0.6) is 23.0 Å². The molecule has 1 aliphatic heterocycles. The standard InChI is InChI=1S/C27H26F3NO5/c1-33-20-7-9-21(10-8-20)36-16-23-22-15-25(35-3)24(34-2)14-17(22)11-12-31(23)26(32)18-5-4-6-19(13-18)27(28,29)30/h4-10,13-15,23H,11-12,16H2,1-3H3/t23-/m1/s1. The van der Waals surface area contributed by atoms with E-state index in [-0.39, 0.29) is 12.2 Å². The SMILES string of the molecule is COc1ccc(OC[C@@H]2c3cc(OC)c(OC)cc3CCN2C(=O)c2cccc(C(F)(F)F)c2)cc1. The van der Waals surface area contributed by atoms with Crippen LogP contribution in [0.1, 0.15) is 33.1 Å². The molecule has 3 aromatic carbocycles. The van der Waals surface area contributed by atoms with Gasteiger partial charge in [0.15, 0.2) is 11.5 Å². The summed E-state index contributed by atoms with van der Waals surface area (Å²) in [6, 6.07) is 14.5. The summed E-state index contributed by atoms with van der Waals surface area (Å²) in [5, 5.41) is 0. The second-order valence-electron chi connectivity index (χ2n) is 8.24. The van der Waals surface area contributed by atoms with Gasteiger partial charge in [-0.15, -0.1) is 0 Å². The zero-order valence-electron chi connectivity index (χ0n) is 20.1.